The van der Waals surface area contributed by atoms with Gasteiger partial charge in [0, 0.05) is 6.54 Å². The molecule has 3 nitrogen and oxygen atoms in total. The first-order valence-electron chi connectivity index (χ1n) is 7.95. The Balaban J connectivity index is 1.95. The standard InChI is InChI=1S/C17H29NO2/c1-2-3-4-5-6-7-8-9-12-18-14-15-10-11-16(19)17(20)13-15/h10-11,13,18-20H,2-9,12,14H2,1H3. The average molecular weight is 279 g/mol. The molecule has 0 saturated carbocycles. The zero-order valence-electron chi connectivity index (χ0n) is 12.7. The summed E-state index contributed by atoms with van der Waals surface area (Å²) in [5.41, 5.74) is 1.000. The second-order valence-electron chi connectivity index (χ2n) is 5.47. The predicted molar refractivity (Wildman–Crippen MR) is 84.1 cm³/mol. The highest BCUT2D eigenvalue weighted by Crippen LogP contribution is 2.24. The third kappa shape index (κ3) is 7.39. The van der Waals surface area contributed by atoms with Crippen molar-refractivity contribution in [2.45, 2.75) is 64.8 Å². The number of aromatic hydroxyl groups is 2. The van der Waals surface area contributed by atoms with Gasteiger partial charge in [-0.3, -0.25) is 0 Å². The summed E-state index contributed by atoms with van der Waals surface area (Å²) in [5.74, 6) is -0.104. The molecule has 0 heterocycles. The van der Waals surface area contributed by atoms with E-state index in [4.69, 9.17) is 0 Å². The summed E-state index contributed by atoms with van der Waals surface area (Å²) >= 11 is 0. The summed E-state index contributed by atoms with van der Waals surface area (Å²) in [6.45, 7) is 4.00. The number of unbranched alkanes of at least 4 members (excludes halogenated alkanes) is 7. The van der Waals surface area contributed by atoms with Crippen molar-refractivity contribution in [2.24, 2.45) is 0 Å². The molecule has 0 unspecified atom stereocenters. The number of nitrogens with one attached hydrogen (secondary N) is 1. The van der Waals surface area contributed by atoms with Crippen LogP contribution in [-0.2, 0) is 6.54 Å². The van der Waals surface area contributed by atoms with Crippen molar-refractivity contribution in [1.82, 2.24) is 5.32 Å². The third-order valence-electron chi connectivity index (χ3n) is 3.58. The summed E-state index contributed by atoms with van der Waals surface area (Å²) in [4.78, 5) is 0. The summed E-state index contributed by atoms with van der Waals surface area (Å²) in [7, 11) is 0. The topological polar surface area (TPSA) is 52.5 Å². The molecule has 0 bridgehead atoms. The molecule has 0 radical (unpaired) electrons. The largest absolute Gasteiger partial charge is 0.504 e. The lowest BCUT2D eigenvalue weighted by atomic mass is 10.1. The van der Waals surface area contributed by atoms with Crippen LogP contribution in [-0.4, -0.2) is 16.8 Å². The van der Waals surface area contributed by atoms with E-state index >= 15 is 0 Å². The van der Waals surface area contributed by atoms with Crippen molar-refractivity contribution >= 4 is 0 Å². The maximum Gasteiger partial charge on any atom is 0.157 e. The van der Waals surface area contributed by atoms with Crippen LogP contribution in [0.1, 0.15) is 63.9 Å². The average Bonchev–Trinajstić information content (AvgIpc) is 2.45. The molecule has 3 heteroatoms. The Morgan fingerprint density at radius 2 is 1.50 bits per heavy atom. The minimum Gasteiger partial charge on any atom is -0.504 e. The quantitative estimate of drug-likeness (QED) is 0.417. The molecule has 0 fully saturated rings. The molecule has 0 aromatic heterocycles. The number of hydrogen-bond donors (Lipinski definition) is 3. The molecule has 0 aliphatic carbocycles. The van der Waals surface area contributed by atoms with Gasteiger partial charge in [0.1, 0.15) is 0 Å². The number of benzene rings is 1. The van der Waals surface area contributed by atoms with Gasteiger partial charge in [-0.2, -0.15) is 0 Å². The van der Waals surface area contributed by atoms with Crippen LogP contribution in [0, 0.1) is 0 Å². The van der Waals surface area contributed by atoms with Crippen LogP contribution >= 0.6 is 0 Å². The van der Waals surface area contributed by atoms with Crippen molar-refractivity contribution in [1.29, 1.82) is 0 Å². The van der Waals surface area contributed by atoms with Crippen molar-refractivity contribution < 1.29 is 10.2 Å². The number of phenols is 2. The molecule has 20 heavy (non-hydrogen) atoms. The van der Waals surface area contributed by atoms with Gasteiger partial charge in [0.25, 0.3) is 0 Å². The zero-order valence-corrected chi connectivity index (χ0v) is 12.7. The second-order valence-corrected chi connectivity index (χ2v) is 5.47. The second kappa shape index (κ2) is 10.6. The normalized spacial score (nSPS) is 10.8. The predicted octanol–water partition coefficient (Wildman–Crippen LogP) is 4.33. The van der Waals surface area contributed by atoms with Gasteiger partial charge < -0.3 is 15.5 Å². The highest BCUT2D eigenvalue weighted by atomic mass is 16.3. The van der Waals surface area contributed by atoms with Gasteiger partial charge in [0.15, 0.2) is 11.5 Å². The van der Waals surface area contributed by atoms with Crippen LogP contribution < -0.4 is 5.32 Å². The lowest BCUT2D eigenvalue weighted by Gasteiger charge is -2.06. The fourth-order valence-electron chi connectivity index (χ4n) is 2.30. The van der Waals surface area contributed by atoms with Crippen LogP contribution in [0.2, 0.25) is 0 Å². The summed E-state index contributed by atoms with van der Waals surface area (Å²) < 4.78 is 0. The van der Waals surface area contributed by atoms with Gasteiger partial charge in [0.05, 0.1) is 0 Å². The van der Waals surface area contributed by atoms with Crippen LogP contribution in [0.5, 0.6) is 11.5 Å². The highest BCUT2D eigenvalue weighted by Gasteiger charge is 2.00. The molecule has 1 rings (SSSR count). The first kappa shape index (κ1) is 16.8. The third-order valence-corrected chi connectivity index (χ3v) is 3.58. The number of hydrogen-bond acceptors (Lipinski definition) is 3. The monoisotopic (exact) mass is 279 g/mol. The van der Waals surface area contributed by atoms with Gasteiger partial charge in [-0.1, -0.05) is 57.9 Å². The Kier molecular flexibility index (Phi) is 8.88. The first-order valence-corrected chi connectivity index (χ1v) is 7.95. The minimum atomic E-state index is -0.0585. The Morgan fingerprint density at radius 1 is 0.850 bits per heavy atom. The van der Waals surface area contributed by atoms with Crippen molar-refractivity contribution in [3.63, 3.8) is 0 Å². The maximum absolute atomic E-state index is 9.38. The van der Waals surface area contributed by atoms with Crippen LogP contribution in [0.25, 0.3) is 0 Å². The molecule has 3 N–H and O–H groups in total. The van der Waals surface area contributed by atoms with E-state index in [1.807, 2.05) is 6.07 Å². The van der Waals surface area contributed by atoms with E-state index in [9.17, 15) is 10.2 Å². The molecule has 114 valence electrons. The molecule has 1 aromatic carbocycles. The van der Waals surface area contributed by atoms with Crippen molar-refractivity contribution in [2.75, 3.05) is 6.54 Å². The van der Waals surface area contributed by atoms with Gasteiger partial charge >= 0.3 is 0 Å². The molecule has 1 aromatic rings. The van der Waals surface area contributed by atoms with Crippen LogP contribution in [0.15, 0.2) is 18.2 Å². The Morgan fingerprint density at radius 3 is 2.15 bits per heavy atom. The molecule has 0 atom stereocenters. The molecule has 0 aliphatic heterocycles. The van der Waals surface area contributed by atoms with Crippen LogP contribution in [0.4, 0.5) is 0 Å². The van der Waals surface area contributed by atoms with Crippen LogP contribution in [0.3, 0.4) is 0 Å². The highest BCUT2D eigenvalue weighted by molar-refractivity contribution is 5.40. The lowest BCUT2D eigenvalue weighted by Crippen LogP contribution is -2.14. The molecular weight excluding hydrogens is 250 g/mol. The number of rotatable bonds is 11. The minimum absolute atomic E-state index is 0.0450. The smallest absolute Gasteiger partial charge is 0.157 e. The lowest BCUT2D eigenvalue weighted by molar-refractivity contribution is 0.403. The van der Waals surface area contributed by atoms with E-state index in [1.165, 1.54) is 57.4 Å². The maximum atomic E-state index is 9.38. The molecule has 0 spiro atoms. The summed E-state index contributed by atoms with van der Waals surface area (Å²) in [6, 6.07) is 4.97. The SMILES string of the molecule is CCCCCCCCCCNCc1ccc(O)c(O)c1. The van der Waals surface area contributed by atoms with E-state index in [2.05, 4.69) is 12.2 Å². The van der Waals surface area contributed by atoms with Gasteiger partial charge in [0.2, 0.25) is 0 Å². The van der Waals surface area contributed by atoms with E-state index < -0.39 is 0 Å². The molecule has 0 amide bonds. The molecular formula is C17H29NO2. The molecule has 0 aliphatic rings. The van der Waals surface area contributed by atoms with Gasteiger partial charge in [-0.15, -0.1) is 0 Å². The zero-order chi connectivity index (χ0) is 14.6. The fraction of sp³-hybridized carbons (Fsp3) is 0.647. The van der Waals surface area contributed by atoms with E-state index in [0.717, 1.165) is 18.7 Å². The van der Waals surface area contributed by atoms with E-state index in [1.54, 1.807) is 6.07 Å². The number of phenolic OH excluding ortho intramolecular Hbond substituents is 2. The van der Waals surface area contributed by atoms with E-state index in [-0.39, 0.29) is 11.5 Å². The fourth-order valence-corrected chi connectivity index (χ4v) is 2.30. The molecule has 0 saturated heterocycles. The van der Waals surface area contributed by atoms with Crippen molar-refractivity contribution in [3.8, 4) is 11.5 Å². The Hall–Kier alpha value is -1.22. The van der Waals surface area contributed by atoms with Gasteiger partial charge in [-0.25, -0.2) is 0 Å². The summed E-state index contributed by atoms with van der Waals surface area (Å²) in [5, 5.41) is 22.0. The van der Waals surface area contributed by atoms with E-state index in [0.29, 0.717) is 0 Å². The Labute approximate surface area is 123 Å². The summed E-state index contributed by atoms with van der Waals surface area (Å²) in [6.07, 6.45) is 10.7. The van der Waals surface area contributed by atoms with Gasteiger partial charge in [-0.05, 0) is 30.7 Å². The first-order chi connectivity index (χ1) is 9.74. The van der Waals surface area contributed by atoms with Crippen molar-refractivity contribution in [3.05, 3.63) is 23.8 Å². The Bertz CT molecular complexity index is 366.